The molecule has 0 radical (unpaired) electrons. The number of hydrogen-bond donors (Lipinski definition) is 1. The molecule has 0 fully saturated rings. The Balaban J connectivity index is 0. The Morgan fingerprint density at radius 2 is 1.60 bits per heavy atom. The summed E-state index contributed by atoms with van der Waals surface area (Å²) in [6.45, 7) is 11.6. The molecule has 2 rings (SSSR count). The van der Waals surface area contributed by atoms with Gasteiger partial charge >= 0.3 is 0 Å². The Kier molecular flexibility index (Phi) is 9.27. The van der Waals surface area contributed by atoms with E-state index < -0.39 is 8.24 Å². The van der Waals surface area contributed by atoms with Crippen LogP contribution in [0.4, 0.5) is 0 Å². The van der Waals surface area contributed by atoms with Gasteiger partial charge in [0, 0.05) is 27.3 Å². The van der Waals surface area contributed by atoms with Gasteiger partial charge in [-0.05, 0) is 38.3 Å². The first-order valence-corrected chi connectivity index (χ1v) is 9.36. The van der Waals surface area contributed by atoms with Crippen molar-refractivity contribution in [2.45, 2.75) is 45.8 Å². The second-order valence-corrected chi connectivity index (χ2v) is 10.7. The molecule has 0 saturated heterocycles. The minimum atomic E-state index is -1.49. The smallest absolute Gasteiger partial charge is 0.148 e. The van der Waals surface area contributed by atoms with Crippen molar-refractivity contribution in [2.24, 2.45) is 0 Å². The number of halogens is 2. The average molecular weight is 366 g/mol. The van der Waals surface area contributed by atoms with Crippen LogP contribution in [0.2, 0.25) is 13.1 Å². The quantitative estimate of drug-likeness (QED) is 0.755. The van der Waals surface area contributed by atoms with Crippen LogP contribution >= 0.6 is 24.8 Å². The van der Waals surface area contributed by atoms with E-state index in [-0.39, 0.29) is 52.1 Å². The van der Waals surface area contributed by atoms with E-state index in [1.54, 1.807) is 5.20 Å². The Morgan fingerprint density at radius 1 is 1.05 bits per heavy atom. The molecule has 1 aromatic rings. The van der Waals surface area contributed by atoms with Crippen molar-refractivity contribution < 1.29 is 21.7 Å². The van der Waals surface area contributed by atoms with Crippen LogP contribution in [0.15, 0.2) is 29.5 Å². The zero-order valence-electron chi connectivity index (χ0n) is 12.9. The number of rotatable bonds is 2. The Bertz CT molecular complexity index is 467. The van der Waals surface area contributed by atoms with E-state index in [4.69, 9.17) is 0 Å². The maximum atomic E-state index is 3.84. The molecule has 1 aliphatic carbocycles. The largest absolute Gasteiger partial charge is 0.329 e. The summed E-state index contributed by atoms with van der Waals surface area (Å²) in [5, 5.41) is 1.62. The number of allylic oxidation sites excluding steroid dienone is 1. The minimum Gasteiger partial charge on any atom is -0.329 e. The van der Waals surface area contributed by atoms with Gasteiger partial charge in [0.05, 0.1) is 0 Å². The molecule has 5 heteroatoms. The van der Waals surface area contributed by atoms with Gasteiger partial charge in [-0.15, -0.1) is 24.8 Å². The van der Waals surface area contributed by atoms with E-state index >= 15 is 0 Å². The van der Waals surface area contributed by atoms with Crippen molar-refractivity contribution in [1.29, 1.82) is 0 Å². The van der Waals surface area contributed by atoms with Crippen LogP contribution in [0.25, 0.3) is 6.08 Å². The molecule has 1 nitrogen and oxygen atoms in total. The predicted molar refractivity (Wildman–Crippen MR) is 93.0 cm³/mol. The number of hydrogen-bond acceptors (Lipinski definition) is 1. The summed E-state index contributed by atoms with van der Waals surface area (Å²) >= 11 is 0. The third-order valence-electron chi connectivity index (χ3n) is 3.26. The molecule has 112 valence electrons. The Hall–Kier alpha value is 0.431. The average Bonchev–Trinajstić information content (AvgIpc) is 2.57. The van der Waals surface area contributed by atoms with Gasteiger partial charge in [0.1, 0.15) is 8.24 Å². The van der Waals surface area contributed by atoms with Gasteiger partial charge in [-0.1, -0.05) is 48.6 Å². The second kappa shape index (κ2) is 8.17. The summed E-state index contributed by atoms with van der Waals surface area (Å²) in [6.07, 6.45) is 3.54. The number of nitrogens with one attached hydrogen (secondary N) is 1. The van der Waals surface area contributed by atoms with Crippen molar-refractivity contribution >= 4 is 39.1 Å². The summed E-state index contributed by atoms with van der Waals surface area (Å²) in [5.41, 5.74) is 3.10. The summed E-state index contributed by atoms with van der Waals surface area (Å²) in [6, 6.07) is 8.75. The van der Waals surface area contributed by atoms with Crippen LogP contribution in [0.1, 0.15) is 31.9 Å². The fraction of sp³-hybridized carbons (Fsp3) is 0.467. The van der Waals surface area contributed by atoms with Crippen LogP contribution in [0.3, 0.4) is 0 Å². The van der Waals surface area contributed by atoms with Gasteiger partial charge < -0.3 is 4.98 Å². The van der Waals surface area contributed by atoms with Crippen LogP contribution < -0.4 is 4.98 Å². The fourth-order valence-corrected chi connectivity index (χ4v) is 5.88. The number of benzene rings is 1. The summed E-state index contributed by atoms with van der Waals surface area (Å²) in [4.78, 5) is 3.84. The van der Waals surface area contributed by atoms with Crippen LogP contribution in [-0.2, 0) is 28.1 Å². The molecule has 1 N–H and O–H groups in total. The monoisotopic (exact) mass is 365 g/mol. The third-order valence-corrected chi connectivity index (χ3v) is 6.56. The molecule has 1 aliphatic rings. The van der Waals surface area contributed by atoms with E-state index in [0.717, 1.165) is 6.42 Å². The molecule has 20 heavy (non-hydrogen) atoms. The zero-order valence-corrected chi connectivity index (χ0v) is 17.1. The molecule has 0 aromatic heterocycles. The molecule has 0 heterocycles. The van der Waals surface area contributed by atoms with Gasteiger partial charge in [-0.3, -0.25) is 0 Å². The fourth-order valence-electron chi connectivity index (χ4n) is 2.70. The van der Waals surface area contributed by atoms with Gasteiger partial charge in [0.25, 0.3) is 0 Å². The molecule has 0 amide bonds. The first-order valence-electron chi connectivity index (χ1n) is 6.36. The van der Waals surface area contributed by atoms with E-state index in [9.17, 15) is 0 Å². The predicted octanol–water partition coefficient (Wildman–Crippen LogP) is 4.60. The second-order valence-electron chi connectivity index (χ2n) is 6.55. The summed E-state index contributed by atoms with van der Waals surface area (Å²) in [5.74, 6) is 0. The molecule has 0 atom stereocenters. The molecular weight excluding hydrogens is 341 g/mol. The first kappa shape index (κ1) is 22.7. The number of fused-ring (bicyclic) bond motifs is 1. The van der Waals surface area contributed by atoms with Crippen LogP contribution in [0, 0.1) is 0 Å². The third kappa shape index (κ3) is 5.67. The van der Waals surface area contributed by atoms with Crippen molar-refractivity contribution in [3.63, 3.8) is 0 Å². The van der Waals surface area contributed by atoms with E-state index in [1.165, 1.54) is 11.1 Å². The van der Waals surface area contributed by atoms with Crippen molar-refractivity contribution in [3.05, 3.63) is 40.6 Å². The van der Waals surface area contributed by atoms with Gasteiger partial charge in [0.2, 0.25) is 0 Å². The molecule has 0 saturated carbocycles. The molecule has 0 unspecified atom stereocenters. The van der Waals surface area contributed by atoms with Gasteiger partial charge in [-0.2, -0.15) is 0 Å². The first-order chi connectivity index (χ1) is 7.78. The van der Waals surface area contributed by atoms with E-state index in [0.29, 0.717) is 0 Å². The van der Waals surface area contributed by atoms with Crippen LogP contribution in [-0.4, -0.2) is 13.8 Å². The van der Waals surface area contributed by atoms with Gasteiger partial charge in [0.15, 0.2) is 0 Å². The minimum absolute atomic E-state index is 0. The van der Waals surface area contributed by atoms with Gasteiger partial charge in [-0.25, -0.2) is 0 Å². The topological polar surface area (TPSA) is 12.0 Å². The van der Waals surface area contributed by atoms with E-state index in [2.05, 4.69) is 69.2 Å². The standard InChI is InChI=1S/C15H23NSi.2ClH.Ti/c1-15(2,3)16-17(4,5)14-10-12-8-6-7-9-13(12)11-14;;;/h6-10,16H,11H2,1-5H3;2*1H;. The maximum Gasteiger partial charge on any atom is 0.148 e. The molecule has 0 bridgehead atoms. The maximum absolute atomic E-state index is 3.84. The van der Waals surface area contributed by atoms with Crippen molar-refractivity contribution in [2.75, 3.05) is 0 Å². The zero-order chi connectivity index (χ0) is 12.7. The molecule has 0 aliphatic heterocycles. The molecule has 0 spiro atoms. The van der Waals surface area contributed by atoms with Crippen molar-refractivity contribution in [1.82, 2.24) is 4.98 Å². The summed E-state index contributed by atoms with van der Waals surface area (Å²) < 4.78 is 0. The molecular formula is C15H25Cl2NSiTi. The van der Waals surface area contributed by atoms with E-state index in [1.807, 2.05) is 0 Å². The normalized spacial score (nSPS) is 13.3. The van der Waals surface area contributed by atoms with Crippen molar-refractivity contribution in [3.8, 4) is 0 Å². The molecule has 1 aromatic carbocycles. The SMILES string of the molecule is CC(C)(C)N[Si](C)(C)C1=Cc2ccccc2C1.Cl.Cl.[Ti]. The van der Waals surface area contributed by atoms with Crippen LogP contribution in [0.5, 0.6) is 0 Å². The Morgan fingerprint density at radius 3 is 2.10 bits per heavy atom. The Labute approximate surface area is 151 Å². The summed E-state index contributed by atoms with van der Waals surface area (Å²) in [7, 11) is -1.49.